The molecule has 2 amide bonds. The minimum atomic E-state index is -0.0769. The first-order valence-corrected chi connectivity index (χ1v) is 11.7. The number of fused-ring (bicyclic) bond motifs is 1. The maximum atomic E-state index is 13.8. The molecule has 0 radical (unpaired) electrons. The van der Waals surface area contributed by atoms with Crippen molar-refractivity contribution in [3.05, 3.63) is 71.5 Å². The van der Waals surface area contributed by atoms with Gasteiger partial charge in [0.1, 0.15) is 0 Å². The molecule has 4 heterocycles. The average molecular weight is 463 g/mol. The molecule has 1 aromatic carbocycles. The maximum absolute atomic E-state index is 13.8. The molecule has 170 valence electrons. The van der Waals surface area contributed by atoms with E-state index in [1.54, 1.807) is 4.52 Å². The predicted molar refractivity (Wildman–Crippen MR) is 129 cm³/mol. The molecular formula is C26H27ClN4O2. The van der Waals surface area contributed by atoms with E-state index in [0.29, 0.717) is 17.3 Å². The van der Waals surface area contributed by atoms with Gasteiger partial charge in [0.05, 0.1) is 5.52 Å². The van der Waals surface area contributed by atoms with Crippen LogP contribution < -0.4 is 0 Å². The second kappa shape index (κ2) is 8.03. The van der Waals surface area contributed by atoms with Crippen molar-refractivity contribution in [3.8, 4) is 11.1 Å². The Kier molecular flexibility index (Phi) is 5.28. The number of likely N-dealkylation sites (tertiary alicyclic amines) is 2. The Labute approximate surface area is 198 Å². The number of pyridine rings is 1. The third kappa shape index (κ3) is 3.62. The second-order valence-corrected chi connectivity index (χ2v) is 9.84. The van der Waals surface area contributed by atoms with Crippen LogP contribution >= 0.6 is 11.6 Å². The van der Waals surface area contributed by atoms with Crippen LogP contribution in [-0.4, -0.2) is 56.9 Å². The highest BCUT2D eigenvalue weighted by Crippen LogP contribution is 2.43. The average Bonchev–Trinajstić information content (AvgIpc) is 3.15. The number of aromatic nitrogens is 2. The molecule has 0 N–H and O–H groups in total. The molecule has 0 saturated carbocycles. The molecule has 2 aliphatic heterocycles. The number of amides is 2. The molecule has 0 aliphatic carbocycles. The predicted octanol–water partition coefficient (Wildman–Crippen LogP) is 4.60. The van der Waals surface area contributed by atoms with Gasteiger partial charge in [-0.1, -0.05) is 36.4 Å². The summed E-state index contributed by atoms with van der Waals surface area (Å²) in [5.74, 6) is -0.0943. The number of rotatable bonds is 3. The number of benzene rings is 1. The zero-order valence-electron chi connectivity index (χ0n) is 18.9. The summed E-state index contributed by atoms with van der Waals surface area (Å²) < 4.78 is 1.76. The first kappa shape index (κ1) is 21.7. The smallest absolute Gasteiger partial charge is 0.275 e. The lowest BCUT2D eigenvalue weighted by molar-refractivity contribution is -0.142. The number of nitrogens with zero attached hydrogens (tertiary/aromatic N) is 4. The van der Waals surface area contributed by atoms with E-state index in [9.17, 15) is 9.59 Å². The fraction of sp³-hybridized carbons (Fsp3) is 0.346. The van der Waals surface area contributed by atoms with Crippen LogP contribution in [0.2, 0.25) is 5.02 Å². The number of piperidine rings is 1. The van der Waals surface area contributed by atoms with Gasteiger partial charge in [0.2, 0.25) is 5.91 Å². The highest BCUT2D eigenvalue weighted by Gasteiger charge is 2.49. The van der Waals surface area contributed by atoms with Gasteiger partial charge >= 0.3 is 0 Å². The molecule has 3 aromatic rings. The SMILES string of the molecule is C=CC(=O)N1CC2(CCN(C(=O)c3nn4ccc(C)cc4c3-c3ccccc3Cl)[C@H](C)C2)C1. The highest BCUT2D eigenvalue weighted by atomic mass is 35.5. The summed E-state index contributed by atoms with van der Waals surface area (Å²) >= 11 is 6.56. The first-order chi connectivity index (χ1) is 15.8. The maximum Gasteiger partial charge on any atom is 0.275 e. The quantitative estimate of drug-likeness (QED) is 0.534. The van der Waals surface area contributed by atoms with Crippen molar-refractivity contribution < 1.29 is 9.59 Å². The normalized spacial score (nSPS) is 19.5. The molecule has 6 nitrogen and oxygen atoms in total. The summed E-state index contributed by atoms with van der Waals surface area (Å²) in [6.07, 6.45) is 5.00. The standard InChI is InChI=1S/C26H27ClN4O2/c1-4-22(32)29-15-26(16-29)10-12-30(18(3)14-26)25(33)24-23(19-7-5-6-8-20(19)27)21-13-17(2)9-11-31(21)28-24/h4-9,11,13,18H,1,10,12,14-16H2,2-3H3/t18-/m1/s1. The molecule has 2 aliphatic rings. The van der Waals surface area contributed by atoms with Crippen LogP contribution in [0.5, 0.6) is 0 Å². The molecule has 33 heavy (non-hydrogen) atoms. The number of carbonyl (C=O) groups excluding carboxylic acids is 2. The number of hydrogen-bond acceptors (Lipinski definition) is 3. The van der Waals surface area contributed by atoms with Crippen molar-refractivity contribution in [2.24, 2.45) is 5.41 Å². The van der Waals surface area contributed by atoms with Gasteiger partial charge in [-0.25, -0.2) is 4.52 Å². The minimum Gasteiger partial charge on any atom is -0.338 e. The molecule has 5 rings (SSSR count). The summed E-state index contributed by atoms with van der Waals surface area (Å²) in [7, 11) is 0. The van der Waals surface area contributed by atoms with E-state index in [1.807, 2.05) is 59.3 Å². The molecule has 1 spiro atoms. The Bertz CT molecular complexity index is 1270. The number of aryl methyl sites for hydroxylation is 1. The summed E-state index contributed by atoms with van der Waals surface area (Å²) in [6, 6.07) is 11.7. The van der Waals surface area contributed by atoms with Gasteiger partial charge in [0, 0.05) is 53.4 Å². The van der Waals surface area contributed by atoms with Gasteiger partial charge in [0.15, 0.2) is 5.69 Å². The molecule has 7 heteroatoms. The zero-order chi connectivity index (χ0) is 23.3. The third-order valence-corrected chi connectivity index (χ3v) is 7.41. The lowest BCUT2D eigenvalue weighted by Crippen LogP contribution is -2.63. The number of hydrogen-bond donors (Lipinski definition) is 0. The number of halogens is 1. The molecule has 0 unspecified atom stereocenters. The highest BCUT2D eigenvalue weighted by molar-refractivity contribution is 6.33. The van der Waals surface area contributed by atoms with E-state index < -0.39 is 0 Å². The molecule has 2 fully saturated rings. The van der Waals surface area contributed by atoms with E-state index in [1.165, 1.54) is 6.08 Å². The van der Waals surface area contributed by atoms with Crippen LogP contribution in [-0.2, 0) is 4.79 Å². The second-order valence-electron chi connectivity index (χ2n) is 9.44. The van der Waals surface area contributed by atoms with Gasteiger partial charge in [-0.2, -0.15) is 5.10 Å². The summed E-state index contributed by atoms with van der Waals surface area (Å²) in [5, 5.41) is 5.29. The minimum absolute atomic E-state index is 0.0174. The molecule has 0 bridgehead atoms. The fourth-order valence-corrected chi connectivity index (χ4v) is 5.65. The van der Waals surface area contributed by atoms with Gasteiger partial charge in [-0.05, 0) is 56.5 Å². The molecular weight excluding hydrogens is 436 g/mol. The molecule has 2 saturated heterocycles. The topological polar surface area (TPSA) is 57.9 Å². The molecule has 2 aromatic heterocycles. The zero-order valence-corrected chi connectivity index (χ0v) is 19.7. The number of carbonyl (C=O) groups is 2. The Morgan fingerprint density at radius 3 is 2.70 bits per heavy atom. The van der Waals surface area contributed by atoms with E-state index in [-0.39, 0.29) is 23.3 Å². The van der Waals surface area contributed by atoms with Gasteiger partial charge in [0.25, 0.3) is 5.91 Å². The van der Waals surface area contributed by atoms with Crippen molar-refractivity contribution in [1.29, 1.82) is 0 Å². The van der Waals surface area contributed by atoms with E-state index in [0.717, 1.165) is 48.1 Å². The van der Waals surface area contributed by atoms with Crippen molar-refractivity contribution in [3.63, 3.8) is 0 Å². The summed E-state index contributed by atoms with van der Waals surface area (Å²) in [6.45, 7) is 9.82. The third-order valence-electron chi connectivity index (χ3n) is 7.08. The van der Waals surface area contributed by atoms with Crippen molar-refractivity contribution in [2.75, 3.05) is 19.6 Å². The Morgan fingerprint density at radius 2 is 2.00 bits per heavy atom. The van der Waals surface area contributed by atoms with Crippen LogP contribution in [0.3, 0.4) is 0 Å². The van der Waals surface area contributed by atoms with Crippen molar-refractivity contribution in [1.82, 2.24) is 19.4 Å². The monoisotopic (exact) mass is 462 g/mol. The van der Waals surface area contributed by atoms with Crippen LogP contribution in [0.4, 0.5) is 0 Å². The lowest BCUT2D eigenvalue weighted by atomic mass is 9.69. The van der Waals surface area contributed by atoms with E-state index >= 15 is 0 Å². The van der Waals surface area contributed by atoms with Crippen LogP contribution in [0.1, 0.15) is 35.8 Å². The summed E-state index contributed by atoms with van der Waals surface area (Å²) in [4.78, 5) is 29.5. The van der Waals surface area contributed by atoms with Crippen LogP contribution in [0.15, 0.2) is 55.3 Å². The van der Waals surface area contributed by atoms with Crippen molar-refractivity contribution >= 4 is 28.9 Å². The summed E-state index contributed by atoms with van der Waals surface area (Å²) in [5.41, 5.74) is 4.05. The Hall–Kier alpha value is -3.12. The molecule has 1 atom stereocenters. The van der Waals surface area contributed by atoms with Gasteiger partial charge in [-0.15, -0.1) is 0 Å². The first-order valence-electron chi connectivity index (χ1n) is 11.3. The largest absolute Gasteiger partial charge is 0.338 e. The van der Waals surface area contributed by atoms with E-state index in [2.05, 4.69) is 13.5 Å². The van der Waals surface area contributed by atoms with Crippen molar-refractivity contribution in [2.45, 2.75) is 32.7 Å². The van der Waals surface area contributed by atoms with Gasteiger partial charge in [-0.3, -0.25) is 9.59 Å². The van der Waals surface area contributed by atoms with Gasteiger partial charge < -0.3 is 9.80 Å². The Balaban J connectivity index is 1.47. The van der Waals surface area contributed by atoms with Crippen LogP contribution in [0, 0.1) is 12.3 Å². The van der Waals surface area contributed by atoms with Crippen LogP contribution in [0.25, 0.3) is 16.6 Å². The lowest BCUT2D eigenvalue weighted by Gasteiger charge is -2.55. The Morgan fingerprint density at radius 1 is 1.24 bits per heavy atom. The van der Waals surface area contributed by atoms with E-state index in [4.69, 9.17) is 16.7 Å². The fourth-order valence-electron chi connectivity index (χ4n) is 5.42.